The molecule has 0 spiro atoms. The fraction of sp³-hybridized carbons (Fsp3) is 0.714. The summed E-state index contributed by atoms with van der Waals surface area (Å²) in [6, 6.07) is 0. The Morgan fingerprint density at radius 3 is 2.85 bits per heavy atom. The van der Waals surface area contributed by atoms with Gasteiger partial charge in [-0.25, -0.2) is 0 Å². The van der Waals surface area contributed by atoms with Gasteiger partial charge >= 0.3 is 0 Å². The van der Waals surface area contributed by atoms with Crippen LogP contribution >= 0.6 is 11.8 Å². The van der Waals surface area contributed by atoms with E-state index in [1.54, 1.807) is 16.3 Å². The predicted molar refractivity (Wildman–Crippen MR) is 54.7 cm³/mol. The Bertz CT molecular complexity index is 259. The third-order valence-electron chi connectivity index (χ3n) is 1.67. The molecule has 1 aromatic rings. The van der Waals surface area contributed by atoms with Gasteiger partial charge in [-0.3, -0.25) is 4.57 Å². The summed E-state index contributed by atoms with van der Waals surface area (Å²) in [6.07, 6.45) is 1.12. The minimum atomic E-state index is 0.469. The van der Waals surface area contributed by atoms with E-state index in [-0.39, 0.29) is 0 Å². The standard InChI is InChI=1S/C7H15N5S/c1-9-4-3-5-13-7-11-10-6(8)12(7)2/h9H,3-5H2,1-2H3,(H2,8,10). The van der Waals surface area contributed by atoms with Gasteiger partial charge in [-0.1, -0.05) is 11.8 Å². The zero-order chi connectivity index (χ0) is 9.68. The molecule has 1 rings (SSSR count). The molecule has 0 saturated carbocycles. The first-order valence-corrected chi connectivity index (χ1v) is 5.16. The zero-order valence-corrected chi connectivity index (χ0v) is 8.77. The van der Waals surface area contributed by atoms with Gasteiger partial charge in [-0.05, 0) is 20.0 Å². The maximum absolute atomic E-state index is 5.53. The first kappa shape index (κ1) is 10.3. The molecular weight excluding hydrogens is 186 g/mol. The normalized spacial score (nSPS) is 10.6. The monoisotopic (exact) mass is 201 g/mol. The summed E-state index contributed by atoms with van der Waals surface area (Å²) in [5, 5.41) is 11.7. The predicted octanol–water partition coefficient (Wildman–Crippen LogP) is 0.0989. The van der Waals surface area contributed by atoms with E-state index in [1.165, 1.54) is 0 Å². The minimum Gasteiger partial charge on any atom is -0.368 e. The summed E-state index contributed by atoms with van der Waals surface area (Å²) in [4.78, 5) is 0. The van der Waals surface area contributed by atoms with Crippen molar-refractivity contribution in [3.8, 4) is 0 Å². The topological polar surface area (TPSA) is 68.8 Å². The van der Waals surface area contributed by atoms with Crippen LogP contribution in [0.3, 0.4) is 0 Å². The van der Waals surface area contributed by atoms with Gasteiger partial charge in [0.1, 0.15) is 0 Å². The molecule has 5 nitrogen and oxygen atoms in total. The molecule has 0 aromatic carbocycles. The molecule has 1 heterocycles. The largest absolute Gasteiger partial charge is 0.368 e. The second-order valence-electron chi connectivity index (χ2n) is 2.71. The van der Waals surface area contributed by atoms with Crippen LogP contribution < -0.4 is 11.1 Å². The van der Waals surface area contributed by atoms with E-state index < -0.39 is 0 Å². The summed E-state index contributed by atoms with van der Waals surface area (Å²) in [5.41, 5.74) is 5.53. The molecule has 1 aromatic heterocycles. The second kappa shape index (κ2) is 5.08. The highest BCUT2D eigenvalue weighted by Crippen LogP contribution is 2.16. The average Bonchev–Trinajstić information content (AvgIpc) is 2.43. The molecule has 0 aliphatic carbocycles. The van der Waals surface area contributed by atoms with Crippen LogP contribution in [-0.2, 0) is 7.05 Å². The molecule has 3 N–H and O–H groups in total. The minimum absolute atomic E-state index is 0.469. The van der Waals surface area contributed by atoms with Crippen molar-refractivity contribution in [2.24, 2.45) is 7.05 Å². The van der Waals surface area contributed by atoms with E-state index in [2.05, 4.69) is 15.5 Å². The molecule has 0 fully saturated rings. The first-order valence-electron chi connectivity index (χ1n) is 4.18. The van der Waals surface area contributed by atoms with Crippen LogP contribution in [0.4, 0.5) is 5.95 Å². The van der Waals surface area contributed by atoms with Crippen molar-refractivity contribution in [3.63, 3.8) is 0 Å². The van der Waals surface area contributed by atoms with Crippen molar-refractivity contribution in [1.29, 1.82) is 0 Å². The lowest BCUT2D eigenvalue weighted by atomic mass is 10.5. The second-order valence-corrected chi connectivity index (χ2v) is 3.77. The van der Waals surface area contributed by atoms with Crippen molar-refractivity contribution >= 4 is 17.7 Å². The molecule has 0 bridgehead atoms. The molecule has 6 heteroatoms. The van der Waals surface area contributed by atoms with E-state index in [4.69, 9.17) is 5.73 Å². The summed E-state index contributed by atoms with van der Waals surface area (Å²) in [5.74, 6) is 1.50. The van der Waals surface area contributed by atoms with Gasteiger partial charge in [0.25, 0.3) is 0 Å². The van der Waals surface area contributed by atoms with Crippen molar-refractivity contribution < 1.29 is 0 Å². The van der Waals surface area contributed by atoms with Gasteiger partial charge in [0, 0.05) is 12.8 Å². The van der Waals surface area contributed by atoms with Gasteiger partial charge in [0.15, 0.2) is 5.16 Å². The van der Waals surface area contributed by atoms with Crippen LogP contribution in [-0.4, -0.2) is 34.1 Å². The molecule has 74 valence electrons. The molecule has 0 saturated heterocycles. The van der Waals surface area contributed by atoms with Gasteiger partial charge in [0.05, 0.1) is 0 Å². The van der Waals surface area contributed by atoms with Crippen LogP contribution in [0.15, 0.2) is 5.16 Å². The summed E-state index contributed by atoms with van der Waals surface area (Å²) in [7, 11) is 3.82. The number of hydrogen-bond acceptors (Lipinski definition) is 5. The van der Waals surface area contributed by atoms with E-state index in [0.29, 0.717) is 5.95 Å². The molecule has 0 amide bonds. The SMILES string of the molecule is CNCCCSc1nnc(N)n1C. The Labute approximate surface area is 82.1 Å². The molecule has 0 atom stereocenters. The number of rotatable bonds is 5. The molecular formula is C7H15N5S. The number of nitrogens with zero attached hydrogens (tertiary/aromatic N) is 3. The Hall–Kier alpha value is -0.750. The van der Waals surface area contributed by atoms with Gasteiger partial charge < -0.3 is 11.1 Å². The van der Waals surface area contributed by atoms with E-state index >= 15 is 0 Å². The smallest absolute Gasteiger partial charge is 0.222 e. The molecule has 0 unspecified atom stereocenters. The molecule has 0 radical (unpaired) electrons. The Balaban J connectivity index is 2.32. The fourth-order valence-electron chi connectivity index (χ4n) is 0.864. The lowest BCUT2D eigenvalue weighted by molar-refractivity contribution is 0.768. The molecule has 13 heavy (non-hydrogen) atoms. The third-order valence-corrected chi connectivity index (χ3v) is 2.78. The quantitative estimate of drug-likeness (QED) is 0.522. The summed E-state index contributed by atoms with van der Waals surface area (Å²) >= 11 is 1.68. The van der Waals surface area contributed by atoms with Crippen molar-refractivity contribution in [1.82, 2.24) is 20.1 Å². The highest BCUT2D eigenvalue weighted by molar-refractivity contribution is 7.99. The van der Waals surface area contributed by atoms with E-state index in [9.17, 15) is 0 Å². The van der Waals surface area contributed by atoms with E-state index in [1.807, 2.05) is 14.1 Å². The number of anilines is 1. The number of aromatic nitrogens is 3. The van der Waals surface area contributed by atoms with Crippen molar-refractivity contribution in [2.75, 3.05) is 25.1 Å². The molecule has 0 aliphatic rings. The molecule has 0 aliphatic heterocycles. The van der Waals surface area contributed by atoms with Gasteiger partial charge in [-0.15, -0.1) is 10.2 Å². The maximum atomic E-state index is 5.53. The lowest BCUT2D eigenvalue weighted by Crippen LogP contribution is -2.08. The number of hydrogen-bond donors (Lipinski definition) is 2. The van der Waals surface area contributed by atoms with Crippen molar-refractivity contribution in [3.05, 3.63) is 0 Å². The van der Waals surface area contributed by atoms with Gasteiger partial charge in [-0.2, -0.15) is 0 Å². The number of nitrogen functional groups attached to an aromatic ring is 1. The van der Waals surface area contributed by atoms with Crippen LogP contribution in [0.1, 0.15) is 6.42 Å². The maximum Gasteiger partial charge on any atom is 0.222 e. The van der Waals surface area contributed by atoms with E-state index in [0.717, 1.165) is 23.9 Å². The van der Waals surface area contributed by atoms with Crippen LogP contribution in [0.2, 0.25) is 0 Å². The summed E-state index contributed by atoms with van der Waals surface area (Å²) < 4.78 is 1.80. The fourth-order valence-corrected chi connectivity index (χ4v) is 1.72. The number of nitrogens with one attached hydrogen (secondary N) is 1. The third kappa shape index (κ3) is 2.89. The highest BCUT2D eigenvalue weighted by atomic mass is 32.2. The van der Waals surface area contributed by atoms with Crippen LogP contribution in [0, 0.1) is 0 Å². The highest BCUT2D eigenvalue weighted by Gasteiger charge is 2.04. The number of nitrogens with two attached hydrogens (primary N) is 1. The zero-order valence-electron chi connectivity index (χ0n) is 7.95. The van der Waals surface area contributed by atoms with Gasteiger partial charge in [0.2, 0.25) is 5.95 Å². The summed E-state index contributed by atoms with van der Waals surface area (Å²) in [6.45, 7) is 1.03. The Morgan fingerprint density at radius 2 is 2.31 bits per heavy atom. The van der Waals surface area contributed by atoms with Crippen LogP contribution in [0.5, 0.6) is 0 Å². The average molecular weight is 201 g/mol. The Morgan fingerprint density at radius 1 is 1.54 bits per heavy atom. The Kier molecular flexibility index (Phi) is 4.04. The number of thioether (sulfide) groups is 1. The lowest BCUT2D eigenvalue weighted by Gasteiger charge is -2.00. The first-order chi connectivity index (χ1) is 6.25. The van der Waals surface area contributed by atoms with Crippen molar-refractivity contribution in [2.45, 2.75) is 11.6 Å². The van der Waals surface area contributed by atoms with Crippen LogP contribution in [0.25, 0.3) is 0 Å².